The lowest BCUT2D eigenvalue weighted by atomic mass is 10.0. The van der Waals surface area contributed by atoms with E-state index in [0.717, 1.165) is 5.56 Å². The second kappa shape index (κ2) is 90.1. The van der Waals surface area contributed by atoms with Crippen molar-refractivity contribution in [1.82, 2.24) is 31.9 Å². The highest BCUT2D eigenvalue weighted by Crippen LogP contribution is 2.18. The number of carbonyl (C=O) groups excluding carboxylic acids is 7. The van der Waals surface area contributed by atoms with Gasteiger partial charge in [0.05, 0.1) is 311 Å². The summed E-state index contributed by atoms with van der Waals surface area (Å²) < 4.78 is 154. The van der Waals surface area contributed by atoms with Gasteiger partial charge in [-0.15, -0.1) is 0 Å². The summed E-state index contributed by atoms with van der Waals surface area (Å²) in [5, 5.41) is 34.8. The van der Waals surface area contributed by atoms with Crippen molar-refractivity contribution in [3.63, 3.8) is 0 Å². The van der Waals surface area contributed by atoms with Crippen LogP contribution in [0, 0.1) is 0 Å². The molecule has 0 heterocycles. The Morgan fingerprint density at radius 2 is 0.461 bits per heavy atom. The molecule has 0 aliphatic rings. The van der Waals surface area contributed by atoms with E-state index in [9.17, 15) is 43.2 Å². The summed E-state index contributed by atoms with van der Waals surface area (Å²) in [6.45, 7) is 20.5. The smallest absolute Gasteiger partial charge is 0.344 e. The minimum Gasteiger partial charge on any atom is -0.482 e. The van der Waals surface area contributed by atoms with Gasteiger partial charge in [0.1, 0.15) is 41.0 Å². The van der Waals surface area contributed by atoms with Crippen molar-refractivity contribution >= 4 is 53.4 Å². The fraction of sp³-hybridized carbons (Fsp3) is 0.716. The number of nitrogens with one attached hydrogen (secondary N) is 6. The number of rotatable bonds is 101. The number of ether oxygens (including phenoxy) is 28. The molecule has 10 N–H and O–H groups in total. The molecule has 806 valence electrons. The molecule has 0 bridgehead atoms. The van der Waals surface area contributed by atoms with Gasteiger partial charge in [-0.3, -0.25) is 28.8 Å². The van der Waals surface area contributed by atoms with Crippen molar-refractivity contribution in [3.8, 4) is 17.2 Å². The first-order valence-corrected chi connectivity index (χ1v) is 47.7. The van der Waals surface area contributed by atoms with Crippen LogP contribution in [0.4, 0.5) is 0 Å². The highest BCUT2D eigenvalue weighted by molar-refractivity contribution is 5.89. The molecule has 46 heteroatoms. The number of benzene rings is 3. The Morgan fingerprint density at radius 3 is 0.660 bits per heavy atom. The fourth-order valence-corrected chi connectivity index (χ4v) is 11.5. The summed E-state index contributed by atoms with van der Waals surface area (Å²) >= 11 is 0. The van der Waals surface area contributed by atoms with Crippen LogP contribution >= 0.6 is 0 Å². The van der Waals surface area contributed by atoms with E-state index in [-0.39, 0.29) is 197 Å². The van der Waals surface area contributed by atoms with Crippen LogP contribution in [-0.2, 0) is 181 Å². The van der Waals surface area contributed by atoms with Crippen LogP contribution in [-0.4, -0.2) is 451 Å². The zero-order valence-electron chi connectivity index (χ0n) is 82.7. The monoisotopic (exact) mass is 2020 g/mol. The van der Waals surface area contributed by atoms with Gasteiger partial charge in [-0.25, -0.2) is 14.4 Å². The third kappa shape index (κ3) is 79.4. The van der Waals surface area contributed by atoms with Crippen LogP contribution in [0.2, 0.25) is 0 Å². The second-order valence-electron chi connectivity index (χ2n) is 31.1. The van der Waals surface area contributed by atoms with Gasteiger partial charge in [0.25, 0.3) is 0 Å². The van der Waals surface area contributed by atoms with E-state index >= 15 is 0 Å². The molecule has 0 radical (unpaired) electrons. The zero-order valence-corrected chi connectivity index (χ0v) is 82.7. The molecule has 3 aromatic carbocycles. The maximum atomic E-state index is 13.5. The quantitative estimate of drug-likeness (QED) is 0.0271. The lowest BCUT2D eigenvalue weighted by Crippen LogP contribution is -2.48. The van der Waals surface area contributed by atoms with Crippen LogP contribution < -0.4 is 51.8 Å². The molecule has 3 unspecified atom stereocenters. The number of carbonyl (C=O) groups is 9. The molecule has 0 aliphatic heterocycles. The number of carboxylic acids is 2. The standard InChI is InChI=1S/C95H157N7O39/c1-95(2,3)141-91(110)76-140-82-15-9-79(10-16-82)73-85(102-88(105)19-26-115-33-40-123-49-52-126-43-36-118-27-20-96)94(113)99-23-30-120-38-45-128-54-51-125-42-35-116-24-17-86(103)100-83(71-77-5-11-80(12-6-77)138-74-89(106)107)92(111)97-21-28-119-37-44-127-53-50-124-41-34-117-25-18-87(104)101-84(72-78-7-13-81(14-8-78)139-75-90(108)109)93(112)98-22-29-121-39-46-129-55-56-131-59-60-133-63-64-135-67-68-137-70-69-136-66-65-134-62-61-132-58-57-130-48-47-122-32-31-114-4/h5-16,83-85H,17-76,96H2,1-4H3,(H,97,111)(H,98,112)(H,99,113)(H,100,103)(H,101,104)(H,102,105)(H,106,107)(H,108,109). The minimum absolute atomic E-state index is 0.00288. The largest absolute Gasteiger partial charge is 0.482 e. The number of carboxylic acid groups (broad SMARTS) is 2. The Hall–Kier alpha value is -8.71. The van der Waals surface area contributed by atoms with Crippen molar-refractivity contribution in [2.75, 3.05) is 364 Å². The van der Waals surface area contributed by atoms with Crippen LogP contribution in [0.5, 0.6) is 17.2 Å². The van der Waals surface area contributed by atoms with E-state index in [4.69, 9.17) is 149 Å². The van der Waals surface area contributed by atoms with Gasteiger partial charge in [-0.2, -0.15) is 0 Å². The van der Waals surface area contributed by atoms with Crippen LogP contribution in [0.3, 0.4) is 0 Å². The van der Waals surface area contributed by atoms with E-state index in [2.05, 4.69) is 31.9 Å². The minimum atomic E-state index is -1.14. The number of hydrogen-bond donors (Lipinski definition) is 9. The third-order valence-corrected chi connectivity index (χ3v) is 18.4. The number of amides is 6. The fourth-order valence-electron chi connectivity index (χ4n) is 11.5. The maximum absolute atomic E-state index is 13.5. The molecule has 3 aromatic rings. The Kier molecular flexibility index (Phi) is 80.8. The molecule has 46 nitrogen and oxygen atoms in total. The second-order valence-corrected chi connectivity index (χ2v) is 31.1. The predicted octanol–water partition coefficient (Wildman–Crippen LogP) is 0.322. The van der Waals surface area contributed by atoms with Gasteiger partial charge in [-0.05, 0) is 73.9 Å². The molecule has 6 amide bonds. The van der Waals surface area contributed by atoms with Gasteiger partial charge in [0.2, 0.25) is 35.4 Å². The Morgan fingerprint density at radius 1 is 0.270 bits per heavy atom. The first kappa shape index (κ1) is 126. The Bertz CT molecular complexity index is 3590. The van der Waals surface area contributed by atoms with Crippen molar-refractivity contribution < 1.29 is 186 Å². The van der Waals surface area contributed by atoms with E-state index in [1.807, 2.05) is 0 Å². The lowest BCUT2D eigenvalue weighted by molar-refractivity contribution is -0.157. The third-order valence-electron chi connectivity index (χ3n) is 18.4. The number of hydrogen-bond acceptors (Lipinski definition) is 38. The lowest BCUT2D eigenvalue weighted by Gasteiger charge is -2.20. The van der Waals surface area contributed by atoms with Crippen molar-refractivity contribution in [1.29, 1.82) is 0 Å². The highest BCUT2D eigenvalue weighted by atomic mass is 16.6. The maximum Gasteiger partial charge on any atom is 0.344 e. The molecule has 3 atom stereocenters. The normalized spacial score (nSPS) is 12.1. The number of nitrogens with two attached hydrogens (primary N) is 1. The molecule has 0 aliphatic carbocycles. The average molecular weight is 2020 g/mol. The van der Waals surface area contributed by atoms with Crippen LogP contribution in [0.1, 0.15) is 56.7 Å². The number of aliphatic carboxylic acids is 2. The summed E-state index contributed by atoms with van der Waals surface area (Å²) in [6.07, 6.45) is 0.238. The molecule has 0 aromatic heterocycles. The first-order chi connectivity index (χ1) is 68.7. The summed E-state index contributed by atoms with van der Waals surface area (Å²) in [6, 6.07) is 16.8. The summed E-state index contributed by atoms with van der Waals surface area (Å²) in [7, 11) is 1.63. The summed E-state index contributed by atoms with van der Waals surface area (Å²) in [5.74, 6) is -4.36. The van der Waals surface area contributed by atoms with Crippen molar-refractivity contribution in [3.05, 3.63) is 89.5 Å². The number of methoxy groups -OCH3 is 1. The first-order valence-electron chi connectivity index (χ1n) is 47.7. The predicted molar refractivity (Wildman–Crippen MR) is 506 cm³/mol. The molecule has 3 rings (SSSR count). The van der Waals surface area contributed by atoms with Gasteiger partial charge in [0.15, 0.2) is 19.8 Å². The SMILES string of the molecule is COCCOCCOCCOCCOCCOCCOCCOCCOCCOCCOCCOCCNC(=O)C(Cc1ccc(OCC(=O)O)cc1)NC(=O)CCOCCOCCOCCOCCNC(=O)C(Cc1ccc(OCC(=O)O)cc1)NC(=O)CCOCCOCCOCCOCCNC(=O)C(Cc1ccc(OCC(=O)OC(C)(C)C)cc1)NC(=O)CCOCCOCCOCCOCCN. The summed E-state index contributed by atoms with van der Waals surface area (Å²) in [5.41, 5.74) is 6.80. The molecule has 0 saturated heterocycles. The summed E-state index contributed by atoms with van der Waals surface area (Å²) in [4.78, 5) is 114. The molecule has 0 saturated carbocycles. The van der Waals surface area contributed by atoms with Crippen molar-refractivity contribution in [2.24, 2.45) is 5.73 Å². The van der Waals surface area contributed by atoms with E-state index in [1.54, 1.807) is 101 Å². The molecule has 141 heavy (non-hydrogen) atoms. The van der Waals surface area contributed by atoms with Gasteiger partial charge < -0.3 is 180 Å². The van der Waals surface area contributed by atoms with Crippen molar-refractivity contribution in [2.45, 2.75) is 83.0 Å². The van der Waals surface area contributed by atoms with E-state index < -0.39 is 90.3 Å². The average Bonchev–Trinajstić information content (AvgIpc) is 0.880. The number of esters is 1. The molecule has 0 spiro atoms. The van der Waals surface area contributed by atoms with Crippen LogP contribution in [0.25, 0.3) is 0 Å². The molecular formula is C95H157N7O39. The van der Waals surface area contributed by atoms with Gasteiger partial charge >= 0.3 is 17.9 Å². The topological polar surface area (TPSA) is 551 Å². The van der Waals surface area contributed by atoms with Gasteiger partial charge in [0, 0.05) is 71.8 Å². The zero-order chi connectivity index (χ0) is 102. The Labute approximate surface area is 827 Å². The molecular weight excluding hydrogens is 1860 g/mol. The van der Waals surface area contributed by atoms with E-state index in [0.29, 0.717) is 213 Å². The Balaban J connectivity index is 1.23. The van der Waals surface area contributed by atoms with E-state index in [1.165, 1.54) is 0 Å². The molecule has 0 fully saturated rings. The van der Waals surface area contributed by atoms with Gasteiger partial charge in [-0.1, -0.05) is 36.4 Å². The van der Waals surface area contributed by atoms with Crippen LogP contribution in [0.15, 0.2) is 72.8 Å². The highest BCUT2D eigenvalue weighted by Gasteiger charge is 2.26.